The number of thioether (sulfide) groups is 1. The van der Waals surface area contributed by atoms with Crippen LogP contribution in [0.5, 0.6) is 0 Å². The molecule has 2 heterocycles. The first-order chi connectivity index (χ1) is 12.7. The highest BCUT2D eigenvalue weighted by molar-refractivity contribution is 7.98. The molecule has 0 aliphatic heterocycles. The van der Waals surface area contributed by atoms with Gasteiger partial charge in [0.15, 0.2) is 0 Å². The number of hydrogen-bond donors (Lipinski definition) is 1. The van der Waals surface area contributed by atoms with Crippen molar-refractivity contribution in [1.82, 2.24) is 15.5 Å². The van der Waals surface area contributed by atoms with Gasteiger partial charge in [0.1, 0.15) is 10.8 Å². The van der Waals surface area contributed by atoms with Gasteiger partial charge in [0, 0.05) is 24.6 Å². The van der Waals surface area contributed by atoms with E-state index in [1.807, 2.05) is 25.1 Å². The van der Waals surface area contributed by atoms with Crippen LogP contribution in [0.3, 0.4) is 0 Å². The van der Waals surface area contributed by atoms with Crippen LogP contribution in [0.15, 0.2) is 58.2 Å². The fourth-order valence-corrected chi connectivity index (χ4v) is 3.15. The Labute approximate surface area is 155 Å². The van der Waals surface area contributed by atoms with Gasteiger partial charge >= 0.3 is 0 Å². The van der Waals surface area contributed by atoms with E-state index in [1.54, 1.807) is 30.5 Å². The van der Waals surface area contributed by atoms with Gasteiger partial charge in [0.05, 0.1) is 22.9 Å². The lowest BCUT2D eigenvalue weighted by atomic mass is 10.1. The monoisotopic (exact) mass is 364 g/mol. The van der Waals surface area contributed by atoms with Gasteiger partial charge in [-0.1, -0.05) is 29.1 Å². The largest absolute Gasteiger partial charge is 0.361 e. The first kappa shape index (κ1) is 17.7. The maximum absolute atomic E-state index is 12.5. The number of hydrogen-bond acceptors (Lipinski definition) is 6. The third kappa shape index (κ3) is 4.49. The number of carbonyl (C=O) groups is 1. The summed E-state index contributed by atoms with van der Waals surface area (Å²) in [5.74, 6) is 1.13. The predicted molar refractivity (Wildman–Crippen MR) is 97.4 cm³/mol. The van der Waals surface area contributed by atoms with Crippen molar-refractivity contribution in [2.24, 2.45) is 0 Å². The Morgan fingerprint density at radius 2 is 2.12 bits per heavy atom. The highest BCUT2D eigenvalue weighted by atomic mass is 32.2. The minimum absolute atomic E-state index is 0.193. The smallest absolute Gasteiger partial charge is 0.254 e. The van der Waals surface area contributed by atoms with Crippen molar-refractivity contribution in [3.63, 3.8) is 0 Å². The van der Waals surface area contributed by atoms with Crippen molar-refractivity contribution < 1.29 is 9.32 Å². The van der Waals surface area contributed by atoms with Crippen LogP contribution < -0.4 is 5.32 Å². The molecular formula is C19H16N4O2S. The van der Waals surface area contributed by atoms with Gasteiger partial charge < -0.3 is 9.84 Å². The Kier molecular flexibility index (Phi) is 5.66. The van der Waals surface area contributed by atoms with Gasteiger partial charge in [-0.3, -0.25) is 4.79 Å². The summed E-state index contributed by atoms with van der Waals surface area (Å²) in [7, 11) is 0. The molecule has 6 nitrogen and oxygen atoms in total. The Balaban J connectivity index is 1.64. The predicted octanol–water partition coefficient (Wildman–Crippen LogP) is 3.47. The molecule has 0 bridgehead atoms. The third-order valence-corrected chi connectivity index (χ3v) is 4.62. The van der Waals surface area contributed by atoms with Crippen LogP contribution in [0.2, 0.25) is 0 Å². The molecular weight excluding hydrogens is 348 g/mol. The van der Waals surface area contributed by atoms with Gasteiger partial charge in [-0.25, -0.2) is 4.98 Å². The number of nitrogens with one attached hydrogen (secondary N) is 1. The van der Waals surface area contributed by atoms with E-state index in [0.717, 1.165) is 17.0 Å². The summed E-state index contributed by atoms with van der Waals surface area (Å²) < 4.78 is 5.05. The summed E-state index contributed by atoms with van der Waals surface area (Å²) in [6.45, 7) is 2.22. The number of rotatable bonds is 6. The maximum Gasteiger partial charge on any atom is 0.254 e. The summed E-state index contributed by atoms with van der Waals surface area (Å²) in [6.07, 6.45) is 1.66. The molecule has 26 heavy (non-hydrogen) atoms. The van der Waals surface area contributed by atoms with Crippen LogP contribution in [0, 0.1) is 18.3 Å². The highest BCUT2D eigenvalue weighted by Gasteiger charge is 2.13. The number of aromatic nitrogens is 2. The fourth-order valence-electron chi connectivity index (χ4n) is 2.28. The molecule has 0 aliphatic rings. The second kappa shape index (κ2) is 8.32. The quantitative estimate of drug-likeness (QED) is 0.673. The van der Waals surface area contributed by atoms with E-state index in [4.69, 9.17) is 9.78 Å². The van der Waals surface area contributed by atoms with Crippen molar-refractivity contribution >= 4 is 17.7 Å². The number of benzene rings is 1. The Bertz CT molecular complexity index is 945. The van der Waals surface area contributed by atoms with Crippen molar-refractivity contribution in [2.45, 2.75) is 24.2 Å². The zero-order valence-electron chi connectivity index (χ0n) is 14.1. The van der Waals surface area contributed by atoms with Crippen molar-refractivity contribution in [3.05, 3.63) is 76.8 Å². The van der Waals surface area contributed by atoms with E-state index in [1.165, 1.54) is 11.8 Å². The van der Waals surface area contributed by atoms with Gasteiger partial charge in [-0.15, -0.1) is 0 Å². The van der Waals surface area contributed by atoms with E-state index in [0.29, 0.717) is 28.5 Å². The molecule has 0 spiro atoms. The van der Waals surface area contributed by atoms with Gasteiger partial charge in [-0.2, -0.15) is 5.26 Å². The zero-order valence-corrected chi connectivity index (χ0v) is 14.9. The zero-order chi connectivity index (χ0) is 18.4. The molecule has 2 aromatic heterocycles. The summed E-state index contributed by atoms with van der Waals surface area (Å²) in [5, 5.41) is 16.3. The van der Waals surface area contributed by atoms with Crippen LogP contribution in [-0.2, 0) is 12.3 Å². The Hall–Kier alpha value is -3.11. The van der Waals surface area contributed by atoms with E-state index < -0.39 is 0 Å². The summed E-state index contributed by atoms with van der Waals surface area (Å²) in [5.41, 5.74) is 2.84. The lowest BCUT2D eigenvalue weighted by Crippen LogP contribution is -2.23. The van der Waals surface area contributed by atoms with Crippen LogP contribution in [0.4, 0.5) is 0 Å². The molecule has 0 fully saturated rings. The molecule has 1 amide bonds. The minimum atomic E-state index is -0.193. The number of aryl methyl sites for hydroxylation is 1. The molecule has 0 saturated carbocycles. The number of pyridine rings is 1. The molecule has 7 heteroatoms. The molecule has 3 aromatic rings. The van der Waals surface area contributed by atoms with Crippen molar-refractivity contribution in [1.29, 1.82) is 5.26 Å². The number of carbonyl (C=O) groups excluding carboxylic acids is 1. The molecule has 3 rings (SSSR count). The summed E-state index contributed by atoms with van der Waals surface area (Å²) in [6, 6.07) is 14.5. The normalized spacial score (nSPS) is 10.3. The summed E-state index contributed by atoms with van der Waals surface area (Å²) in [4.78, 5) is 16.8. The first-order valence-corrected chi connectivity index (χ1v) is 8.91. The summed E-state index contributed by atoms with van der Waals surface area (Å²) >= 11 is 1.44. The highest BCUT2D eigenvalue weighted by Crippen LogP contribution is 2.24. The van der Waals surface area contributed by atoms with Gasteiger partial charge in [0.25, 0.3) is 5.91 Å². The molecule has 0 unspecified atom stereocenters. The first-order valence-electron chi connectivity index (χ1n) is 7.93. The Morgan fingerprint density at radius 1 is 1.31 bits per heavy atom. The lowest BCUT2D eigenvalue weighted by molar-refractivity contribution is 0.0947. The molecule has 130 valence electrons. The number of amides is 1. The van der Waals surface area contributed by atoms with Gasteiger partial charge in [0.2, 0.25) is 0 Å². The average Bonchev–Trinajstić information content (AvgIpc) is 3.10. The second-order valence-electron chi connectivity index (χ2n) is 5.57. The molecule has 0 aliphatic carbocycles. The average molecular weight is 364 g/mol. The minimum Gasteiger partial charge on any atom is -0.361 e. The van der Waals surface area contributed by atoms with Crippen LogP contribution in [0.25, 0.3) is 0 Å². The number of nitrogens with zero attached hydrogens (tertiary/aromatic N) is 3. The molecule has 1 N–H and O–H groups in total. The van der Waals surface area contributed by atoms with Crippen LogP contribution >= 0.6 is 11.8 Å². The molecule has 0 atom stereocenters. The standard InChI is InChI=1S/C19H16N4O2S/c1-13-9-16(23-25-13)12-26-19-17(3-2-8-21-19)18(24)22-11-15-6-4-14(10-20)5-7-15/h2-9H,11-12H2,1H3,(H,22,24). The maximum atomic E-state index is 12.5. The SMILES string of the molecule is Cc1cc(CSc2ncccc2C(=O)NCc2ccc(C#N)cc2)no1. The van der Waals surface area contributed by atoms with Crippen LogP contribution in [-0.4, -0.2) is 16.0 Å². The number of nitriles is 1. The van der Waals surface area contributed by atoms with E-state index in [9.17, 15) is 4.79 Å². The molecule has 0 saturated heterocycles. The van der Waals surface area contributed by atoms with Crippen molar-refractivity contribution in [3.8, 4) is 6.07 Å². The van der Waals surface area contributed by atoms with E-state index >= 15 is 0 Å². The van der Waals surface area contributed by atoms with Crippen LogP contribution in [0.1, 0.15) is 32.9 Å². The molecule has 0 radical (unpaired) electrons. The molecule has 1 aromatic carbocycles. The third-order valence-electron chi connectivity index (χ3n) is 3.59. The Morgan fingerprint density at radius 3 is 2.81 bits per heavy atom. The lowest BCUT2D eigenvalue weighted by Gasteiger charge is -2.09. The fraction of sp³-hybridized carbons (Fsp3) is 0.158. The second-order valence-corrected chi connectivity index (χ2v) is 6.53. The van der Waals surface area contributed by atoms with Gasteiger partial charge in [-0.05, 0) is 36.8 Å². The van der Waals surface area contributed by atoms with E-state index in [-0.39, 0.29) is 5.91 Å². The van der Waals surface area contributed by atoms with Crippen molar-refractivity contribution in [2.75, 3.05) is 0 Å². The topological polar surface area (TPSA) is 91.8 Å². The van der Waals surface area contributed by atoms with E-state index in [2.05, 4.69) is 21.5 Å².